The van der Waals surface area contributed by atoms with Crippen molar-refractivity contribution >= 4 is 22.9 Å². The molecule has 2 aromatic heterocycles. The van der Waals surface area contributed by atoms with Crippen LogP contribution in [0.4, 0.5) is 5.69 Å². The molecule has 0 aliphatic rings. The molecule has 23 heavy (non-hydrogen) atoms. The lowest BCUT2D eigenvalue weighted by Crippen LogP contribution is -2.18. The van der Waals surface area contributed by atoms with E-state index in [9.17, 15) is 4.79 Å². The Bertz CT molecular complexity index is 814. The molecule has 1 aromatic carbocycles. The summed E-state index contributed by atoms with van der Waals surface area (Å²) in [6, 6.07) is 9.68. The maximum absolute atomic E-state index is 12.5. The van der Waals surface area contributed by atoms with Gasteiger partial charge in [-0.05, 0) is 23.1 Å². The fourth-order valence-corrected chi connectivity index (χ4v) is 3.12. The number of thiazole rings is 1. The maximum atomic E-state index is 12.5. The molecule has 3 aromatic rings. The van der Waals surface area contributed by atoms with Crippen LogP contribution < -0.4 is 5.32 Å². The monoisotopic (exact) mass is 326 g/mol. The van der Waals surface area contributed by atoms with E-state index in [4.69, 9.17) is 4.42 Å². The summed E-state index contributed by atoms with van der Waals surface area (Å²) in [5, 5.41) is 5.51. The number of hydrogen-bond donors (Lipinski definition) is 1. The quantitative estimate of drug-likeness (QED) is 0.740. The summed E-state index contributed by atoms with van der Waals surface area (Å²) in [7, 11) is 0. The molecule has 0 spiro atoms. The van der Waals surface area contributed by atoms with Gasteiger partial charge in [0.25, 0.3) is 5.91 Å². The molecule has 0 bridgehead atoms. The number of rotatable bonds is 3. The largest absolute Gasteiger partial charge is 0.472 e. The van der Waals surface area contributed by atoms with E-state index in [0.29, 0.717) is 5.69 Å². The van der Waals surface area contributed by atoms with Crippen molar-refractivity contribution in [1.29, 1.82) is 0 Å². The summed E-state index contributed by atoms with van der Waals surface area (Å²) in [6.07, 6.45) is 3.21. The van der Waals surface area contributed by atoms with Crippen LogP contribution >= 0.6 is 11.3 Å². The van der Waals surface area contributed by atoms with Crippen LogP contribution in [0.15, 0.2) is 52.7 Å². The van der Waals surface area contributed by atoms with Crippen molar-refractivity contribution in [2.75, 3.05) is 5.32 Å². The van der Waals surface area contributed by atoms with Crippen molar-refractivity contribution in [2.24, 2.45) is 0 Å². The number of amides is 1. The van der Waals surface area contributed by atoms with Gasteiger partial charge in [0, 0.05) is 16.6 Å². The Morgan fingerprint density at radius 1 is 1.22 bits per heavy atom. The third-order valence-electron chi connectivity index (χ3n) is 3.49. The lowest BCUT2D eigenvalue weighted by Gasteiger charge is -2.22. The van der Waals surface area contributed by atoms with Crippen LogP contribution in [-0.4, -0.2) is 10.9 Å². The molecule has 0 aliphatic carbocycles. The molecule has 0 radical (unpaired) electrons. The van der Waals surface area contributed by atoms with Crippen molar-refractivity contribution in [3.63, 3.8) is 0 Å². The normalized spacial score (nSPS) is 11.4. The molecule has 5 heteroatoms. The molecule has 0 unspecified atom stereocenters. The maximum Gasteiger partial charge on any atom is 0.275 e. The van der Waals surface area contributed by atoms with Crippen LogP contribution in [0.1, 0.15) is 36.8 Å². The number of nitrogens with zero attached hydrogens (tertiary/aromatic N) is 1. The SMILES string of the molecule is CC(C)(C)c1ccccc1NC(=O)c1csc(-c2ccoc2)n1. The van der Waals surface area contributed by atoms with E-state index >= 15 is 0 Å². The summed E-state index contributed by atoms with van der Waals surface area (Å²) in [6.45, 7) is 6.37. The zero-order valence-corrected chi connectivity index (χ0v) is 14.1. The Balaban J connectivity index is 1.83. The fraction of sp³-hybridized carbons (Fsp3) is 0.222. The number of aromatic nitrogens is 1. The van der Waals surface area contributed by atoms with Gasteiger partial charge >= 0.3 is 0 Å². The summed E-state index contributed by atoms with van der Waals surface area (Å²) >= 11 is 1.42. The fourth-order valence-electron chi connectivity index (χ4n) is 2.33. The minimum absolute atomic E-state index is 0.0477. The van der Waals surface area contributed by atoms with Gasteiger partial charge in [0.1, 0.15) is 17.0 Å². The molecule has 0 atom stereocenters. The number of para-hydroxylation sites is 1. The molecule has 3 rings (SSSR count). The van der Waals surface area contributed by atoms with Crippen LogP contribution in [-0.2, 0) is 5.41 Å². The van der Waals surface area contributed by atoms with E-state index in [1.165, 1.54) is 11.3 Å². The first-order valence-corrected chi connectivity index (χ1v) is 8.22. The Labute approximate surface area is 139 Å². The standard InChI is InChI=1S/C18H18N2O2S/c1-18(2,3)13-6-4-5-7-14(13)19-16(21)15-11-23-17(20-15)12-8-9-22-10-12/h4-11H,1-3H3,(H,19,21). The van der Waals surface area contributed by atoms with Crippen LogP contribution in [0.5, 0.6) is 0 Å². The van der Waals surface area contributed by atoms with Crippen LogP contribution in [0.3, 0.4) is 0 Å². The van der Waals surface area contributed by atoms with E-state index < -0.39 is 0 Å². The lowest BCUT2D eigenvalue weighted by molar-refractivity contribution is 0.102. The molecule has 2 heterocycles. The molecule has 0 saturated heterocycles. The zero-order chi connectivity index (χ0) is 16.4. The number of furan rings is 1. The topological polar surface area (TPSA) is 55.1 Å². The van der Waals surface area contributed by atoms with Crippen LogP contribution in [0.2, 0.25) is 0 Å². The van der Waals surface area contributed by atoms with E-state index in [-0.39, 0.29) is 11.3 Å². The number of hydrogen-bond acceptors (Lipinski definition) is 4. The summed E-state index contributed by atoms with van der Waals surface area (Å²) in [5.41, 5.74) is 3.16. The van der Waals surface area contributed by atoms with Crippen molar-refractivity contribution in [3.8, 4) is 10.6 Å². The third kappa shape index (κ3) is 3.35. The van der Waals surface area contributed by atoms with Crippen molar-refractivity contribution in [1.82, 2.24) is 4.98 Å². The summed E-state index contributed by atoms with van der Waals surface area (Å²) in [4.78, 5) is 16.9. The van der Waals surface area contributed by atoms with E-state index in [0.717, 1.165) is 21.8 Å². The molecule has 0 saturated carbocycles. The first-order valence-electron chi connectivity index (χ1n) is 7.34. The summed E-state index contributed by atoms with van der Waals surface area (Å²) < 4.78 is 5.05. The van der Waals surface area contributed by atoms with Crippen molar-refractivity contribution in [2.45, 2.75) is 26.2 Å². The highest BCUT2D eigenvalue weighted by Gasteiger charge is 2.20. The van der Waals surface area contributed by atoms with Gasteiger partial charge < -0.3 is 9.73 Å². The molecular weight excluding hydrogens is 308 g/mol. The van der Waals surface area contributed by atoms with Crippen molar-refractivity contribution < 1.29 is 9.21 Å². The van der Waals surface area contributed by atoms with Gasteiger partial charge in [-0.15, -0.1) is 11.3 Å². The Hall–Kier alpha value is -2.40. The molecule has 1 N–H and O–H groups in total. The molecular formula is C18H18N2O2S. The first-order chi connectivity index (χ1) is 10.9. The second kappa shape index (κ2) is 6.01. The minimum atomic E-state index is -0.201. The van der Waals surface area contributed by atoms with Gasteiger partial charge in [0.15, 0.2) is 0 Å². The third-order valence-corrected chi connectivity index (χ3v) is 4.38. The predicted molar refractivity (Wildman–Crippen MR) is 92.9 cm³/mol. The van der Waals surface area contributed by atoms with E-state index in [1.807, 2.05) is 30.3 Å². The van der Waals surface area contributed by atoms with Crippen LogP contribution in [0, 0.1) is 0 Å². The molecule has 4 nitrogen and oxygen atoms in total. The minimum Gasteiger partial charge on any atom is -0.472 e. The average molecular weight is 326 g/mol. The van der Waals surface area contributed by atoms with Gasteiger partial charge in [-0.1, -0.05) is 39.0 Å². The Kier molecular flexibility index (Phi) is 4.05. The van der Waals surface area contributed by atoms with Gasteiger partial charge in [-0.25, -0.2) is 4.98 Å². The number of anilines is 1. The van der Waals surface area contributed by atoms with Gasteiger partial charge in [0.05, 0.1) is 6.26 Å². The molecule has 118 valence electrons. The molecule has 0 fully saturated rings. The van der Waals surface area contributed by atoms with Gasteiger partial charge in [0.2, 0.25) is 0 Å². The van der Waals surface area contributed by atoms with Crippen molar-refractivity contribution in [3.05, 3.63) is 59.5 Å². The van der Waals surface area contributed by atoms with Crippen LogP contribution in [0.25, 0.3) is 10.6 Å². The van der Waals surface area contributed by atoms with E-state index in [2.05, 4.69) is 31.1 Å². The highest BCUT2D eigenvalue weighted by molar-refractivity contribution is 7.13. The second-order valence-corrected chi connectivity index (χ2v) is 7.16. The Morgan fingerprint density at radius 2 is 2.00 bits per heavy atom. The van der Waals surface area contributed by atoms with Gasteiger partial charge in [-0.3, -0.25) is 4.79 Å². The molecule has 1 amide bonds. The smallest absolute Gasteiger partial charge is 0.275 e. The first kappa shape index (κ1) is 15.5. The van der Waals surface area contributed by atoms with E-state index in [1.54, 1.807) is 17.9 Å². The van der Waals surface area contributed by atoms with Gasteiger partial charge in [-0.2, -0.15) is 0 Å². The average Bonchev–Trinajstić information content (AvgIpc) is 3.18. The summed E-state index contributed by atoms with van der Waals surface area (Å²) in [5.74, 6) is -0.201. The predicted octanol–water partition coefficient (Wildman–Crippen LogP) is 4.95. The number of carbonyl (C=O) groups excluding carboxylic acids is 1. The number of carbonyl (C=O) groups is 1. The highest BCUT2D eigenvalue weighted by Crippen LogP contribution is 2.30. The highest BCUT2D eigenvalue weighted by atomic mass is 32.1. The molecule has 0 aliphatic heterocycles. The number of nitrogens with one attached hydrogen (secondary N) is 1. The zero-order valence-electron chi connectivity index (χ0n) is 13.3. The number of benzene rings is 1. The lowest BCUT2D eigenvalue weighted by atomic mass is 9.86. The second-order valence-electron chi connectivity index (χ2n) is 6.30. The Morgan fingerprint density at radius 3 is 2.70 bits per heavy atom.